The predicted molar refractivity (Wildman–Crippen MR) is 93.1 cm³/mol. The van der Waals surface area contributed by atoms with Crippen molar-refractivity contribution in [1.82, 2.24) is 15.1 Å². The molecule has 2 aliphatic rings. The van der Waals surface area contributed by atoms with Crippen LogP contribution in [0.2, 0.25) is 0 Å². The second kappa shape index (κ2) is 8.29. The van der Waals surface area contributed by atoms with Crippen LogP contribution in [-0.4, -0.2) is 74.2 Å². The van der Waals surface area contributed by atoms with Crippen LogP contribution in [0.3, 0.4) is 0 Å². The van der Waals surface area contributed by atoms with E-state index >= 15 is 0 Å². The van der Waals surface area contributed by atoms with Gasteiger partial charge in [0.25, 0.3) is 5.91 Å². The van der Waals surface area contributed by atoms with E-state index in [0.29, 0.717) is 0 Å². The summed E-state index contributed by atoms with van der Waals surface area (Å²) in [6.07, 6.45) is 0.159. The summed E-state index contributed by atoms with van der Waals surface area (Å²) in [7, 11) is 0. The maximum Gasteiger partial charge on any atom is 0.353 e. The van der Waals surface area contributed by atoms with E-state index in [1.807, 2.05) is 0 Å². The average Bonchev–Trinajstić information content (AvgIpc) is 2.52. The fraction of sp³-hybridized carbons (Fsp3) is 0.571. The van der Waals surface area contributed by atoms with Gasteiger partial charge in [-0.25, -0.2) is 4.79 Å². The molecule has 0 bridgehead atoms. The summed E-state index contributed by atoms with van der Waals surface area (Å²) in [5, 5.41) is 10.9. The lowest BCUT2D eigenvalue weighted by Gasteiger charge is -2.46. The molecule has 2 aliphatic heterocycles. The second-order valence-corrected chi connectivity index (χ2v) is 7.42. The molecule has 3 amide bonds. The molecule has 1 fully saturated rings. The van der Waals surface area contributed by atoms with E-state index in [4.69, 9.17) is 23.2 Å². The van der Waals surface area contributed by atoms with Gasteiger partial charge in [-0.15, -0.1) is 35.0 Å². The number of carbonyl (C=O) groups is 4. The molecule has 2 atom stereocenters. The number of alkyl halides is 2. The molecule has 2 rings (SSSR count). The molecule has 0 saturated carbocycles. The van der Waals surface area contributed by atoms with Crippen LogP contribution in [0.5, 0.6) is 0 Å². The Morgan fingerprint density at radius 1 is 1.32 bits per heavy atom. The molecule has 0 radical (unpaired) electrons. The van der Waals surface area contributed by atoms with Gasteiger partial charge in [-0.3, -0.25) is 19.3 Å². The monoisotopic (exact) mass is 409 g/mol. The maximum atomic E-state index is 13.0. The summed E-state index contributed by atoms with van der Waals surface area (Å²) >= 11 is 12.6. The third kappa shape index (κ3) is 4.04. The number of aliphatic carboxylic acids is 1. The van der Waals surface area contributed by atoms with Gasteiger partial charge in [0.2, 0.25) is 11.8 Å². The molecule has 0 aliphatic carbocycles. The number of thioether (sulfide) groups is 1. The van der Waals surface area contributed by atoms with E-state index in [-0.39, 0.29) is 42.8 Å². The van der Waals surface area contributed by atoms with Crippen LogP contribution in [0.25, 0.3) is 0 Å². The van der Waals surface area contributed by atoms with Crippen molar-refractivity contribution in [1.29, 1.82) is 0 Å². The summed E-state index contributed by atoms with van der Waals surface area (Å²) in [6, 6.07) is 0. The Bertz CT molecular complexity index is 636. The van der Waals surface area contributed by atoms with Crippen LogP contribution >= 0.6 is 35.0 Å². The van der Waals surface area contributed by atoms with Crippen molar-refractivity contribution in [3.05, 3.63) is 11.3 Å². The Balaban J connectivity index is 2.51. The van der Waals surface area contributed by atoms with Crippen molar-refractivity contribution in [2.75, 3.05) is 24.8 Å². The SMILES string of the molecule is CC(=O)NC1S[C@H]2CC(=O)N2C(C(=O)O)=C1C(=O)N(CCCl)CCCl. The number of nitrogens with zero attached hydrogens (tertiary/aromatic N) is 2. The number of β-lactam (4-membered cyclic amide) rings is 1. The number of amides is 3. The number of halogens is 2. The van der Waals surface area contributed by atoms with Gasteiger partial charge in [0.05, 0.1) is 17.4 Å². The van der Waals surface area contributed by atoms with Crippen LogP contribution in [0.15, 0.2) is 11.3 Å². The Morgan fingerprint density at radius 3 is 2.36 bits per heavy atom. The molecule has 8 nitrogen and oxygen atoms in total. The highest BCUT2D eigenvalue weighted by molar-refractivity contribution is 8.00. The summed E-state index contributed by atoms with van der Waals surface area (Å²) in [5.41, 5.74) is -0.537. The third-order valence-electron chi connectivity index (χ3n) is 3.72. The van der Waals surface area contributed by atoms with E-state index in [0.717, 1.165) is 16.7 Å². The number of hydrogen-bond acceptors (Lipinski definition) is 5. The van der Waals surface area contributed by atoms with Gasteiger partial charge in [-0.2, -0.15) is 0 Å². The Labute approximate surface area is 158 Å². The Kier molecular flexibility index (Phi) is 6.59. The fourth-order valence-electron chi connectivity index (χ4n) is 2.66. The lowest BCUT2D eigenvalue weighted by molar-refractivity contribution is -0.146. The van der Waals surface area contributed by atoms with Crippen molar-refractivity contribution in [3.8, 4) is 0 Å². The summed E-state index contributed by atoms with van der Waals surface area (Å²) in [5.74, 6) is -2.50. The summed E-state index contributed by atoms with van der Waals surface area (Å²) < 4.78 is 0. The van der Waals surface area contributed by atoms with Gasteiger partial charge in [0, 0.05) is 31.8 Å². The largest absolute Gasteiger partial charge is 0.477 e. The fourth-order valence-corrected chi connectivity index (χ4v) is 4.54. The molecule has 138 valence electrons. The topological polar surface area (TPSA) is 107 Å². The zero-order chi connectivity index (χ0) is 18.7. The smallest absolute Gasteiger partial charge is 0.353 e. The first kappa shape index (κ1) is 19.9. The number of nitrogens with one attached hydrogen (secondary N) is 1. The molecule has 11 heteroatoms. The van der Waals surface area contributed by atoms with E-state index < -0.39 is 34.2 Å². The lowest BCUT2D eigenvalue weighted by Crippen LogP contribution is -2.59. The van der Waals surface area contributed by atoms with Gasteiger partial charge >= 0.3 is 5.97 Å². The summed E-state index contributed by atoms with van der Waals surface area (Å²) in [4.78, 5) is 50.5. The molecular formula is C14H17Cl2N3O5S. The molecule has 2 N–H and O–H groups in total. The molecule has 0 aromatic heterocycles. The number of carbonyl (C=O) groups excluding carboxylic acids is 3. The van der Waals surface area contributed by atoms with Crippen molar-refractivity contribution < 1.29 is 24.3 Å². The van der Waals surface area contributed by atoms with Gasteiger partial charge < -0.3 is 15.3 Å². The highest BCUT2D eigenvalue weighted by Gasteiger charge is 2.50. The first-order valence-electron chi connectivity index (χ1n) is 7.45. The van der Waals surface area contributed by atoms with Gasteiger partial charge in [-0.05, 0) is 0 Å². The zero-order valence-electron chi connectivity index (χ0n) is 13.3. The van der Waals surface area contributed by atoms with Crippen LogP contribution in [0.4, 0.5) is 0 Å². The molecule has 0 aromatic rings. The lowest BCUT2D eigenvalue weighted by atomic mass is 10.0. The zero-order valence-corrected chi connectivity index (χ0v) is 15.7. The highest BCUT2D eigenvalue weighted by atomic mass is 35.5. The maximum absolute atomic E-state index is 13.0. The number of hydrogen-bond donors (Lipinski definition) is 2. The standard InChI is InChI=1S/C14H17Cl2N3O5S/c1-7(20)17-12-10(13(22)18(4-2-15)5-3-16)11(14(23)24)19-8(21)6-9(19)25-12/h9,12H,2-6H2,1H3,(H,17,20)(H,23,24)/t9-,12?/m0/s1. The second-order valence-electron chi connectivity index (χ2n) is 5.38. The van der Waals surface area contributed by atoms with Gasteiger partial charge in [0.15, 0.2) is 0 Å². The highest BCUT2D eigenvalue weighted by Crippen LogP contribution is 2.43. The van der Waals surface area contributed by atoms with E-state index in [2.05, 4.69) is 5.32 Å². The number of carboxylic acid groups (broad SMARTS) is 1. The molecule has 2 heterocycles. The Morgan fingerprint density at radius 2 is 1.92 bits per heavy atom. The first-order valence-corrected chi connectivity index (χ1v) is 9.46. The normalized spacial score (nSPS) is 22.2. The molecule has 1 saturated heterocycles. The average molecular weight is 410 g/mol. The van der Waals surface area contributed by atoms with Crippen LogP contribution in [-0.2, 0) is 19.2 Å². The number of rotatable bonds is 7. The molecule has 0 spiro atoms. The van der Waals surface area contributed by atoms with E-state index in [1.165, 1.54) is 11.8 Å². The van der Waals surface area contributed by atoms with E-state index in [9.17, 15) is 24.3 Å². The van der Waals surface area contributed by atoms with Crippen LogP contribution in [0.1, 0.15) is 13.3 Å². The van der Waals surface area contributed by atoms with Crippen molar-refractivity contribution in [3.63, 3.8) is 0 Å². The van der Waals surface area contributed by atoms with Crippen molar-refractivity contribution >= 4 is 58.7 Å². The minimum Gasteiger partial charge on any atom is -0.477 e. The Hall–Kier alpha value is -1.45. The molecular weight excluding hydrogens is 393 g/mol. The van der Waals surface area contributed by atoms with Crippen LogP contribution in [0, 0.1) is 0 Å². The summed E-state index contributed by atoms with van der Waals surface area (Å²) in [6.45, 7) is 1.60. The molecule has 25 heavy (non-hydrogen) atoms. The molecule has 1 unspecified atom stereocenters. The predicted octanol–water partition coefficient (Wildman–Crippen LogP) is 0.399. The van der Waals surface area contributed by atoms with Crippen molar-refractivity contribution in [2.45, 2.75) is 24.1 Å². The van der Waals surface area contributed by atoms with Gasteiger partial charge in [0.1, 0.15) is 11.1 Å². The first-order chi connectivity index (χ1) is 11.8. The van der Waals surface area contributed by atoms with Crippen molar-refractivity contribution in [2.24, 2.45) is 0 Å². The number of fused-ring (bicyclic) bond motifs is 1. The minimum atomic E-state index is -1.39. The van der Waals surface area contributed by atoms with Gasteiger partial charge in [-0.1, -0.05) is 0 Å². The third-order valence-corrected chi connectivity index (χ3v) is 5.38. The number of carboxylic acids is 1. The minimum absolute atomic E-state index is 0.140. The van der Waals surface area contributed by atoms with Crippen LogP contribution < -0.4 is 5.32 Å². The van der Waals surface area contributed by atoms with E-state index in [1.54, 1.807) is 0 Å². The quantitative estimate of drug-likeness (QED) is 0.465. The molecule has 0 aromatic carbocycles.